The van der Waals surface area contributed by atoms with E-state index in [-0.39, 0.29) is 5.43 Å². The summed E-state index contributed by atoms with van der Waals surface area (Å²) in [6.45, 7) is 1.97. The van der Waals surface area contributed by atoms with Crippen molar-refractivity contribution >= 4 is 39.0 Å². The summed E-state index contributed by atoms with van der Waals surface area (Å²) in [5.41, 5.74) is 2.28. The van der Waals surface area contributed by atoms with Crippen molar-refractivity contribution in [2.75, 3.05) is 0 Å². The Kier molecular flexibility index (Phi) is 2.51. The summed E-state index contributed by atoms with van der Waals surface area (Å²) in [6, 6.07) is 5.83. The van der Waals surface area contributed by atoms with E-state index in [0.717, 1.165) is 20.5 Å². The van der Waals surface area contributed by atoms with Crippen molar-refractivity contribution < 1.29 is 4.79 Å². The minimum absolute atomic E-state index is 0.00569. The van der Waals surface area contributed by atoms with Crippen LogP contribution in [0, 0.1) is 6.92 Å². The Morgan fingerprint density at radius 1 is 1.33 bits per heavy atom. The summed E-state index contributed by atoms with van der Waals surface area (Å²) in [5.74, 6) is 1.95. The van der Waals surface area contributed by atoms with Gasteiger partial charge >= 0.3 is 0 Å². The Morgan fingerprint density at radius 3 is 2.94 bits per heavy atom. The molecule has 2 nitrogen and oxygen atoms in total. The fourth-order valence-electron chi connectivity index (χ4n) is 2.17. The van der Waals surface area contributed by atoms with Gasteiger partial charge in [0.1, 0.15) is 5.94 Å². The van der Waals surface area contributed by atoms with Gasteiger partial charge in [-0.2, -0.15) is 0 Å². The van der Waals surface area contributed by atoms with Gasteiger partial charge in [0.2, 0.25) is 0 Å². The number of fused-ring (bicyclic) bond motifs is 2. The van der Waals surface area contributed by atoms with Crippen molar-refractivity contribution in [2.24, 2.45) is 0 Å². The summed E-state index contributed by atoms with van der Waals surface area (Å²) in [4.78, 5) is 24.1. The predicted octanol–water partition coefficient (Wildman–Crippen LogP) is 3.20. The van der Waals surface area contributed by atoms with Crippen LogP contribution in [0.2, 0.25) is 0 Å². The maximum atomic E-state index is 12.4. The third kappa shape index (κ3) is 1.57. The SMILES string of the molecule is Cc1ccc2sc3c(c(=O)c2c1)C=CCC3=C=O. The second kappa shape index (κ2) is 4.05. The first kappa shape index (κ1) is 11.1. The largest absolute Gasteiger partial charge is 0.289 e. The van der Waals surface area contributed by atoms with Crippen LogP contribution < -0.4 is 5.43 Å². The number of benzene rings is 1. The van der Waals surface area contributed by atoms with Gasteiger partial charge in [-0.15, -0.1) is 11.3 Å². The highest BCUT2D eigenvalue weighted by atomic mass is 32.1. The van der Waals surface area contributed by atoms with E-state index in [4.69, 9.17) is 0 Å². The first-order valence-corrected chi connectivity index (χ1v) is 6.50. The lowest BCUT2D eigenvalue weighted by atomic mass is 10.0. The molecular formula is C15H10O2S. The molecule has 1 aliphatic rings. The molecule has 0 spiro atoms. The molecule has 0 unspecified atom stereocenters. The second-order valence-corrected chi connectivity index (χ2v) is 5.41. The van der Waals surface area contributed by atoms with Crippen molar-refractivity contribution in [3.05, 3.63) is 50.5 Å². The van der Waals surface area contributed by atoms with Gasteiger partial charge in [0.25, 0.3) is 0 Å². The zero-order chi connectivity index (χ0) is 12.7. The third-order valence-electron chi connectivity index (χ3n) is 3.08. The number of hydrogen-bond acceptors (Lipinski definition) is 3. The maximum Gasteiger partial charge on any atom is 0.195 e. The number of allylic oxidation sites excluding steroid dienone is 2. The number of aryl methyl sites for hydroxylation is 1. The smallest absolute Gasteiger partial charge is 0.195 e. The van der Waals surface area contributed by atoms with E-state index in [2.05, 4.69) is 0 Å². The first-order chi connectivity index (χ1) is 8.70. The molecule has 1 aliphatic carbocycles. The summed E-state index contributed by atoms with van der Waals surface area (Å²) in [5, 5.41) is 0.732. The molecule has 88 valence electrons. The molecule has 0 amide bonds. The van der Waals surface area contributed by atoms with Crippen LogP contribution in [0.25, 0.3) is 21.7 Å². The lowest BCUT2D eigenvalue weighted by Gasteiger charge is -2.11. The molecule has 0 atom stereocenters. The molecule has 1 aromatic carbocycles. The topological polar surface area (TPSA) is 34.1 Å². The molecule has 0 radical (unpaired) electrons. The molecule has 18 heavy (non-hydrogen) atoms. The van der Waals surface area contributed by atoms with Gasteiger partial charge < -0.3 is 0 Å². The van der Waals surface area contributed by atoms with E-state index in [0.29, 0.717) is 17.6 Å². The van der Waals surface area contributed by atoms with Crippen molar-refractivity contribution in [3.63, 3.8) is 0 Å². The number of rotatable bonds is 0. The monoisotopic (exact) mass is 254 g/mol. The standard InChI is InChI=1S/C15H10O2S/c1-9-5-6-13-12(7-9)14(17)11-4-2-3-10(8-16)15(11)18-13/h2,4-7H,3H2,1H3. The minimum Gasteiger partial charge on any atom is -0.289 e. The summed E-state index contributed by atoms with van der Waals surface area (Å²) in [6.07, 6.45) is 4.22. The lowest BCUT2D eigenvalue weighted by molar-refractivity contribution is 0.569. The Labute approximate surface area is 108 Å². The highest BCUT2D eigenvalue weighted by Crippen LogP contribution is 2.32. The highest BCUT2D eigenvalue weighted by Gasteiger charge is 2.17. The fraction of sp³-hybridized carbons (Fsp3) is 0.133. The Morgan fingerprint density at radius 2 is 2.17 bits per heavy atom. The Hall–Kier alpha value is -1.96. The molecule has 0 fully saturated rings. The summed E-state index contributed by atoms with van der Waals surface area (Å²) >= 11 is 1.49. The van der Waals surface area contributed by atoms with Gasteiger partial charge in [0.05, 0.1) is 10.5 Å². The zero-order valence-corrected chi connectivity index (χ0v) is 10.6. The number of carbonyl (C=O) groups excluding carboxylic acids is 1. The van der Waals surface area contributed by atoms with Crippen LogP contribution in [0.4, 0.5) is 0 Å². The quantitative estimate of drug-likeness (QED) is 0.676. The third-order valence-corrected chi connectivity index (χ3v) is 4.33. The zero-order valence-electron chi connectivity index (χ0n) is 9.82. The second-order valence-electron chi connectivity index (χ2n) is 4.36. The molecule has 0 aliphatic heterocycles. The molecule has 0 saturated heterocycles. The molecule has 3 rings (SSSR count). The predicted molar refractivity (Wildman–Crippen MR) is 75.6 cm³/mol. The summed E-state index contributed by atoms with van der Waals surface area (Å²) < 4.78 is 0.924. The van der Waals surface area contributed by atoms with E-state index in [1.807, 2.05) is 43.2 Å². The van der Waals surface area contributed by atoms with Crippen molar-refractivity contribution in [1.82, 2.24) is 0 Å². The van der Waals surface area contributed by atoms with Crippen LogP contribution >= 0.6 is 11.3 Å². The van der Waals surface area contributed by atoms with E-state index < -0.39 is 0 Å². The minimum atomic E-state index is 0.00569. The van der Waals surface area contributed by atoms with Gasteiger partial charge in [-0.3, -0.25) is 4.79 Å². The van der Waals surface area contributed by atoms with Crippen LogP contribution in [0.3, 0.4) is 0 Å². The Bertz CT molecular complexity index is 790. The van der Waals surface area contributed by atoms with Crippen LogP contribution in [-0.2, 0) is 4.79 Å². The average Bonchev–Trinajstić information content (AvgIpc) is 2.39. The molecule has 3 heteroatoms. The van der Waals surface area contributed by atoms with Crippen LogP contribution in [0.15, 0.2) is 29.1 Å². The molecule has 0 saturated carbocycles. The maximum absolute atomic E-state index is 12.4. The molecule has 1 heterocycles. The Balaban J connectivity index is 2.50. The van der Waals surface area contributed by atoms with Crippen molar-refractivity contribution in [1.29, 1.82) is 0 Å². The average molecular weight is 254 g/mol. The van der Waals surface area contributed by atoms with E-state index >= 15 is 0 Å². The van der Waals surface area contributed by atoms with Crippen molar-refractivity contribution in [3.8, 4) is 0 Å². The van der Waals surface area contributed by atoms with Crippen LogP contribution in [0.1, 0.15) is 22.4 Å². The summed E-state index contributed by atoms with van der Waals surface area (Å²) in [7, 11) is 0. The van der Waals surface area contributed by atoms with E-state index in [1.54, 1.807) is 0 Å². The first-order valence-electron chi connectivity index (χ1n) is 5.69. The van der Waals surface area contributed by atoms with Crippen LogP contribution in [-0.4, -0.2) is 5.94 Å². The van der Waals surface area contributed by atoms with E-state index in [9.17, 15) is 9.59 Å². The molecule has 0 N–H and O–H groups in total. The highest BCUT2D eigenvalue weighted by molar-refractivity contribution is 7.19. The molecular weight excluding hydrogens is 244 g/mol. The van der Waals surface area contributed by atoms with Gasteiger partial charge in [-0.1, -0.05) is 23.8 Å². The fourth-order valence-corrected chi connectivity index (χ4v) is 3.31. The van der Waals surface area contributed by atoms with Crippen molar-refractivity contribution in [2.45, 2.75) is 13.3 Å². The number of hydrogen-bond donors (Lipinski definition) is 0. The van der Waals surface area contributed by atoms with Gasteiger partial charge in [0, 0.05) is 22.1 Å². The van der Waals surface area contributed by atoms with Crippen LogP contribution in [0.5, 0.6) is 0 Å². The van der Waals surface area contributed by atoms with Gasteiger partial charge in [-0.25, -0.2) is 4.79 Å². The molecule has 1 aromatic heterocycles. The van der Waals surface area contributed by atoms with E-state index in [1.165, 1.54) is 11.3 Å². The normalized spacial score (nSPS) is 13.5. The van der Waals surface area contributed by atoms with Gasteiger partial charge in [-0.05, 0) is 19.1 Å². The molecule has 0 bridgehead atoms. The molecule has 2 aromatic rings. The van der Waals surface area contributed by atoms with Gasteiger partial charge in [0.15, 0.2) is 5.43 Å². The lowest BCUT2D eigenvalue weighted by Crippen LogP contribution is -2.09.